The van der Waals surface area contributed by atoms with Gasteiger partial charge in [0.05, 0.1) is 6.04 Å². The molecule has 1 aromatic carbocycles. The molecule has 0 fully saturated rings. The molecule has 5 heteroatoms. The van der Waals surface area contributed by atoms with Crippen molar-refractivity contribution in [3.05, 3.63) is 57.3 Å². The first-order valence-corrected chi connectivity index (χ1v) is 9.38. The lowest BCUT2D eigenvalue weighted by Gasteiger charge is -2.24. The summed E-state index contributed by atoms with van der Waals surface area (Å²) in [5.74, 6) is -0.0564. The van der Waals surface area contributed by atoms with Crippen LogP contribution in [0.25, 0.3) is 0 Å². The average molecular weight is 359 g/mol. The van der Waals surface area contributed by atoms with E-state index in [-0.39, 0.29) is 30.6 Å². The zero-order valence-corrected chi connectivity index (χ0v) is 16.2. The zero-order valence-electron chi connectivity index (χ0n) is 15.3. The second kappa shape index (κ2) is 8.92. The lowest BCUT2D eigenvalue weighted by molar-refractivity contribution is -0.121. The van der Waals surface area contributed by atoms with Gasteiger partial charge in [0.2, 0.25) is 5.91 Å². The monoisotopic (exact) mass is 358 g/mol. The summed E-state index contributed by atoms with van der Waals surface area (Å²) in [5.41, 5.74) is 3.93. The summed E-state index contributed by atoms with van der Waals surface area (Å²) < 4.78 is 0. The molecular formula is C20H26N2O2S. The highest BCUT2D eigenvalue weighted by Crippen LogP contribution is 2.20. The fraction of sp³-hybridized carbons (Fsp3) is 0.400. The van der Waals surface area contributed by atoms with E-state index in [9.17, 15) is 9.59 Å². The number of aryl methyl sites for hydroxylation is 2. The van der Waals surface area contributed by atoms with E-state index in [2.05, 4.69) is 21.7 Å². The number of Topliss-reactive ketones (excluding diaryl/α,β-unsaturated/α-hetero) is 1. The summed E-state index contributed by atoms with van der Waals surface area (Å²) in [6, 6.07) is 8.06. The maximum absolute atomic E-state index is 12.4. The van der Waals surface area contributed by atoms with Gasteiger partial charge in [0, 0.05) is 24.9 Å². The van der Waals surface area contributed by atoms with Gasteiger partial charge >= 0.3 is 0 Å². The van der Waals surface area contributed by atoms with Gasteiger partial charge in [-0.1, -0.05) is 17.7 Å². The van der Waals surface area contributed by atoms with Gasteiger partial charge in [-0.3, -0.25) is 9.59 Å². The summed E-state index contributed by atoms with van der Waals surface area (Å²) >= 11 is 1.65. The van der Waals surface area contributed by atoms with E-state index in [0.717, 1.165) is 16.7 Å². The van der Waals surface area contributed by atoms with E-state index in [0.29, 0.717) is 6.54 Å². The van der Waals surface area contributed by atoms with Crippen LogP contribution in [0.2, 0.25) is 0 Å². The number of carbonyl (C=O) groups is 2. The second-order valence-electron chi connectivity index (χ2n) is 6.58. The molecule has 2 rings (SSSR count). The molecule has 1 unspecified atom stereocenters. The number of amides is 1. The standard InChI is InChI=1S/C20H26N2O2S/c1-14-5-6-15(2)17(11-14)19(23)7-8-20(24)21-12-18(22(3)4)16-9-10-25-13-16/h5-6,9-11,13,18H,7-8,12H2,1-4H3,(H,21,24). The molecular weight excluding hydrogens is 332 g/mol. The lowest BCUT2D eigenvalue weighted by atomic mass is 9.99. The smallest absolute Gasteiger partial charge is 0.220 e. The topological polar surface area (TPSA) is 49.4 Å². The van der Waals surface area contributed by atoms with Gasteiger partial charge in [-0.25, -0.2) is 0 Å². The Morgan fingerprint density at radius 1 is 1.16 bits per heavy atom. The van der Waals surface area contributed by atoms with Crippen LogP contribution in [0.15, 0.2) is 35.0 Å². The molecule has 1 amide bonds. The Morgan fingerprint density at radius 3 is 2.56 bits per heavy atom. The second-order valence-corrected chi connectivity index (χ2v) is 7.36. The predicted molar refractivity (Wildman–Crippen MR) is 103 cm³/mol. The summed E-state index contributed by atoms with van der Waals surface area (Å²) in [6.45, 7) is 4.43. The van der Waals surface area contributed by atoms with Crippen molar-refractivity contribution in [3.8, 4) is 0 Å². The van der Waals surface area contributed by atoms with Crippen LogP contribution in [-0.2, 0) is 4.79 Å². The van der Waals surface area contributed by atoms with E-state index in [1.54, 1.807) is 11.3 Å². The number of benzene rings is 1. The maximum Gasteiger partial charge on any atom is 0.220 e. The fourth-order valence-electron chi connectivity index (χ4n) is 2.76. The van der Waals surface area contributed by atoms with Gasteiger partial charge in [-0.15, -0.1) is 0 Å². The van der Waals surface area contributed by atoms with Gasteiger partial charge in [0.1, 0.15) is 0 Å². The van der Waals surface area contributed by atoms with Crippen LogP contribution in [0.5, 0.6) is 0 Å². The Morgan fingerprint density at radius 2 is 1.92 bits per heavy atom. The third-order valence-corrected chi connectivity index (χ3v) is 5.02. The number of carbonyl (C=O) groups excluding carboxylic acids is 2. The average Bonchev–Trinajstić information content (AvgIpc) is 3.09. The van der Waals surface area contributed by atoms with Crippen molar-refractivity contribution in [2.24, 2.45) is 0 Å². The van der Waals surface area contributed by atoms with Gasteiger partial charge < -0.3 is 10.2 Å². The van der Waals surface area contributed by atoms with E-state index < -0.39 is 0 Å². The number of hydrogen-bond acceptors (Lipinski definition) is 4. The van der Waals surface area contributed by atoms with Gasteiger partial charge in [-0.2, -0.15) is 11.3 Å². The number of rotatable bonds is 8. The van der Waals surface area contributed by atoms with Gasteiger partial charge in [0.25, 0.3) is 0 Å². The molecule has 1 heterocycles. The van der Waals surface area contributed by atoms with E-state index in [1.165, 1.54) is 5.56 Å². The third kappa shape index (κ3) is 5.51. The van der Waals surface area contributed by atoms with Crippen LogP contribution >= 0.6 is 11.3 Å². The Bertz CT molecular complexity index is 723. The van der Waals surface area contributed by atoms with Crippen molar-refractivity contribution in [2.75, 3.05) is 20.6 Å². The molecule has 1 N–H and O–H groups in total. The number of thiophene rings is 1. The van der Waals surface area contributed by atoms with Gasteiger partial charge in [0.15, 0.2) is 5.78 Å². The molecule has 0 radical (unpaired) electrons. The lowest BCUT2D eigenvalue weighted by Crippen LogP contribution is -2.34. The zero-order chi connectivity index (χ0) is 18.4. The summed E-state index contributed by atoms with van der Waals surface area (Å²) in [5, 5.41) is 7.09. The van der Waals surface area contributed by atoms with Crippen LogP contribution < -0.4 is 5.32 Å². The molecule has 0 saturated carbocycles. The van der Waals surface area contributed by atoms with E-state index >= 15 is 0 Å². The minimum Gasteiger partial charge on any atom is -0.354 e. The number of nitrogens with one attached hydrogen (secondary N) is 1. The quantitative estimate of drug-likeness (QED) is 0.731. The number of hydrogen-bond donors (Lipinski definition) is 1. The minimum atomic E-state index is -0.0827. The molecule has 134 valence electrons. The summed E-state index contributed by atoms with van der Waals surface area (Å²) in [4.78, 5) is 26.6. The highest BCUT2D eigenvalue weighted by molar-refractivity contribution is 7.07. The van der Waals surface area contributed by atoms with Crippen molar-refractivity contribution in [1.82, 2.24) is 10.2 Å². The fourth-order valence-corrected chi connectivity index (χ4v) is 3.47. The van der Waals surface area contributed by atoms with Crippen LogP contribution in [-0.4, -0.2) is 37.2 Å². The first-order chi connectivity index (χ1) is 11.9. The van der Waals surface area contributed by atoms with Crippen LogP contribution in [0, 0.1) is 13.8 Å². The van der Waals surface area contributed by atoms with Crippen molar-refractivity contribution < 1.29 is 9.59 Å². The summed E-state index contributed by atoms with van der Waals surface area (Å²) in [6.07, 6.45) is 0.456. The highest BCUT2D eigenvalue weighted by Gasteiger charge is 2.16. The predicted octanol–water partition coefficient (Wildman–Crippen LogP) is 3.75. The largest absolute Gasteiger partial charge is 0.354 e. The molecule has 1 atom stereocenters. The third-order valence-electron chi connectivity index (χ3n) is 4.32. The molecule has 0 aliphatic heterocycles. The molecule has 0 aliphatic carbocycles. The normalized spacial score (nSPS) is 12.2. The van der Waals surface area contributed by atoms with Gasteiger partial charge in [-0.05, 0) is 62.0 Å². The molecule has 0 spiro atoms. The van der Waals surface area contributed by atoms with Crippen LogP contribution in [0.1, 0.15) is 45.9 Å². The summed E-state index contributed by atoms with van der Waals surface area (Å²) in [7, 11) is 4.00. The molecule has 1 aromatic heterocycles. The van der Waals surface area contributed by atoms with Crippen LogP contribution in [0.3, 0.4) is 0 Å². The molecule has 25 heavy (non-hydrogen) atoms. The van der Waals surface area contributed by atoms with Crippen molar-refractivity contribution in [3.63, 3.8) is 0 Å². The SMILES string of the molecule is Cc1ccc(C)c(C(=O)CCC(=O)NCC(c2ccsc2)N(C)C)c1. The minimum absolute atomic E-state index is 0.0262. The first-order valence-electron chi connectivity index (χ1n) is 8.44. The first kappa shape index (κ1) is 19.3. The van der Waals surface area contributed by atoms with Crippen LogP contribution in [0.4, 0.5) is 0 Å². The number of likely N-dealkylation sites (N-methyl/N-ethyl adjacent to an activating group) is 1. The number of nitrogens with zero attached hydrogens (tertiary/aromatic N) is 1. The van der Waals surface area contributed by atoms with E-state index in [1.807, 2.05) is 51.5 Å². The Kier molecular flexibility index (Phi) is 6.91. The Labute approximate surface area is 153 Å². The Hall–Kier alpha value is -1.98. The van der Waals surface area contributed by atoms with Crippen molar-refractivity contribution >= 4 is 23.0 Å². The van der Waals surface area contributed by atoms with Crippen molar-refractivity contribution in [2.45, 2.75) is 32.7 Å². The van der Waals surface area contributed by atoms with E-state index in [4.69, 9.17) is 0 Å². The maximum atomic E-state index is 12.4. The highest BCUT2D eigenvalue weighted by atomic mass is 32.1. The Balaban J connectivity index is 1.86. The molecule has 4 nitrogen and oxygen atoms in total. The molecule has 0 bridgehead atoms. The number of ketones is 1. The van der Waals surface area contributed by atoms with Crippen molar-refractivity contribution in [1.29, 1.82) is 0 Å². The molecule has 0 saturated heterocycles. The molecule has 0 aliphatic rings. The molecule has 2 aromatic rings.